The number of alkyl halides is 3. The number of pyridine rings is 1. The van der Waals surface area contributed by atoms with Crippen molar-refractivity contribution >= 4 is 39.9 Å². The minimum atomic E-state index is -4.50. The number of rotatable bonds is 7. The van der Waals surface area contributed by atoms with E-state index in [4.69, 9.17) is 16.3 Å². The number of benzene rings is 1. The highest BCUT2D eigenvalue weighted by Crippen LogP contribution is 2.38. The normalized spacial score (nSPS) is 16.3. The Kier molecular flexibility index (Phi) is 6.96. The number of halogens is 4. The molecule has 1 fully saturated rings. The summed E-state index contributed by atoms with van der Waals surface area (Å²) in [5.74, 6) is 0.995. The maximum absolute atomic E-state index is 13.8. The van der Waals surface area contributed by atoms with Gasteiger partial charge in [-0.15, -0.1) is 0 Å². The van der Waals surface area contributed by atoms with E-state index in [2.05, 4.69) is 35.2 Å². The van der Waals surface area contributed by atoms with E-state index in [0.717, 1.165) is 25.6 Å². The molecule has 41 heavy (non-hydrogen) atoms. The molecule has 1 atom stereocenters. The van der Waals surface area contributed by atoms with Crippen molar-refractivity contribution < 1.29 is 17.9 Å². The second-order valence-corrected chi connectivity index (χ2v) is 10.7. The van der Waals surface area contributed by atoms with Gasteiger partial charge >= 0.3 is 6.18 Å². The zero-order chi connectivity index (χ0) is 28.9. The summed E-state index contributed by atoms with van der Waals surface area (Å²) in [6.45, 7) is 2.04. The first-order valence-electron chi connectivity index (χ1n) is 12.9. The highest BCUT2D eigenvalue weighted by Gasteiger charge is 2.32. The number of anilines is 2. The highest BCUT2D eigenvalue weighted by molar-refractivity contribution is 6.36. The van der Waals surface area contributed by atoms with Gasteiger partial charge in [0.25, 0.3) is 0 Å². The summed E-state index contributed by atoms with van der Waals surface area (Å²) in [4.78, 5) is 17.3. The van der Waals surface area contributed by atoms with Crippen LogP contribution in [0.5, 0.6) is 11.5 Å². The van der Waals surface area contributed by atoms with Gasteiger partial charge in [-0.3, -0.25) is 9.88 Å². The maximum Gasteiger partial charge on any atom is 0.416 e. The van der Waals surface area contributed by atoms with Gasteiger partial charge in [-0.2, -0.15) is 23.3 Å². The van der Waals surface area contributed by atoms with Gasteiger partial charge in [-0.1, -0.05) is 11.6 Å². The molecule has 0 saturated carbocycles. The molecule has 1 N–H and O–H groups in total. The number of imidazole rings is 1. The van der Waals surface area contributed by atoms with Crippen molar-refractivity contribution in [2.24, 2.45) is 7.05 Å². The van der Waals surface area contributed by atoms with Crippen molar-refractivity contribution in [2.45, 2.75) is 25.2 Å². The van der Waals surface area contributed by atoms with E-state index < -0.39 is 11.7 Å². The lowest BCUT2D eigenvalue weighted by Gasteiger charge is -2.21. The second-order valence-electron chi connectivity index (χ2n) is 10.3. The number of aromatic nitrogens is 6. The number of likely N-dealkylation sites (N-methyl/N-ethyl adjacent to an activating group) is 1. The Morgan fingerprint density at radius 2 is 1.98 bits per heavy atom. The largest absolute Gasteiger partial charge is 0.450 e. The molecular weight excluding hydrogens is 559 g/mol. The van der Waals surface area contributed by atoms with Gasteiger partial charge < -0.3 is 19.5 Å². The number of hydrogen-bond acceptors (Lipinski definition) is 8. The summed E-state index contributed by atoms with van der Waals surface area (Å²) >= 11 is 6.72. The van der Waals surface area contributed by atoms with Crippen LogP contribution in [-0.4, -0.2) is 72.2 Å². The molecule has 1 aliphatic rings. The second kappa shape index (κ2) is 10.5. The number of nitrogens with zero attached hydrogens (tertiary/aromatic N) is 8. The van der Waals surface area contributed by atoms with Crippen LogP contribution in [0.1, 0.15) is 17.5 Å². The first-order valence-corrected chi connectivity index (χ1v) is 13.3. The van der Waals surface area contributed by atoms with Gasteiger partial charge in [0.1, 0.15) is 16.1 Å². The lowest BCUT2D eigenvalue weighted by Crippen LogP contribution is -2.31. The molecule has 0 radical (unpaired) electrons. The van der Waals surface area contributed by atoms with E-state index >= 15 is 0 Å². The molecule has 10 nitrogen and oxygen atoms in total. The van der Waals surface area contributed by atoms with Crippen molar-refractivity contribution in [3.8, 4) is 11.5 Å². The zero-order valence-electron chi connectivity index (χ0n) is 22.5. The molecule has 1 aliphatic heterocycles. The van der Waals surface area contributed by atoms with Gasteiger partial charge in [0.15, 0.2) is 17.1 Å². The summed E-state index contributed by atoms with van der Waals surface area (Å²) in [5, 5.41) is 7.52. The molecule has 5 aromatic rings. The lowest BCUT2D eigenvalue weighted by atomic mass is 10.1. The first-order chi connectivity index (χ1) is 19.6. The minimum Gasteiger partial charge on any atom is -0.450 e. The number of aryl methyl sites for hydroxylation is 1. The summed E-state index contributed by atoms with van der Waals surface area (Å²) < 4.78 is 50.8. The Hall–Kier alpha value is -3.94. The van der Waals surface area contributed by atoms with Crippen LogP contribution < -0.4 is 10.1 Å². The molecule has 6 rings (SSSR count). The topological polar surface area (TPSA) is 88.6 Å². The first kappa shape index (κ1) is 27.2. The van der Waals surface area contributed by atoms with E-state index in [1.54, 1.807) is 47.0 Å². The third kappa shape index (κ3) is 5.39. The quantitative estimate of drug-likeness (QED) is 0.273. The Morgan fingerprint density at radius 1 is 1.15 bits per heavy atom. The van der Waals surface area contributed by atoms with Crippen LogP contribution in [0.25, 0.3) is 16.7 Å². The van der Waals surface area contributed by atoms with Crippen LogP contribution in [0.4, 0.5) is 24.8 Å². The number of fused-ring (bicyclic) bond motifs is 2. The van der Waals surface area contributed by atoms with Gasteiger partial charge in [0.05, 0.1) is 24.2 Å². The Bertz CT molecular complexity index is 1730. The fourth-order valence-electron chi connectivity index (χ4n) is 5.09. The fourth-order valence-corrected chi connectivity index (χ4v) is 5.39. The predicted octanol–water partition coefficient (Wildman–Crippen LogP) is 5.36. The summed E-state index contributed by atoms with van der Waals surface area (Å²) in [7, 11) is 5.74. The van der Waals surface area contributed by atoms with Gasteiger partial charge in [-0.25, -0.2) is 9.50 Å². The average molecular weight is 586 g/mol. The van der Waals surface area contributed by atoms with Crippen molar-refractivity contribution in [3.05, 3.63) is 65.3 Å². The van der Waals surface area contributed by atoms with Crippen LogP contribution >= 0.6 is 11.6 Å². The van der Waals surface area contributed by atoms with Gasteiger partial charge in [-0.05, 0) is 44.3 Å². The standard InChI is InChI=1S/C27H27ClF3N9O/c1-37(2)19-4-6-39(15-19)14-16-8-17(27(29,30)31)10-18(9-16)35-26-36-25-24(38(26)3)23(28)22(12-33-25)41-21-13-34-40-7-5-32-11-20(21)40/h5,7-13,19H,4,6,14-15H2,1-3H3,(H,33,35,36). The van der Waals surface area contributed by atoms with Crippen LogP contribution in [0.2, 0.25) is 5.02 Å². The van der Waals surface area contributed by atoms with Crippen LogP contribution in [-0.2, 0) is 19.8 Å². The van der Waals surface area contributed by atoms with E-state index in [0.29, 0.717) is 40.6 Å². The fraction of sp³-hybridized carbons (Fsp3) is 0.333. The third-order valence-corrected chi connectivity index (χ3v) is 7.64. The molecule has 14 heteroatoms. The monoisotopic (exact) mass is 585 g/mol. The Balaban J connectivity index is 1.29. The van der Waals surface area contributed by atoms with Gasteiger partial charge in [0.2, 0.25) is 5.95 Å². The van der Waals surface area contributed by atoms with Gasteiger partial charge in [0, 0.05) is 50.8 Å². The molecule has 1 unspecified atom stereocenters. The lowest BCUT2D eigenvalue weighted by molar-refractivity contribution is -0.137. The highest BCUT2D eigenvalue weighted by atomic mass is 35.5. The van der Waals surface area contributed by atoms with Crippen molar-refractivity contribution in [2.75, 3.05) is 32.5 Å². The van der Waals surface area contributed by atoms with Crippen LogP contribution in [0.3, 0.4) is 0 Å². The van der Waals surface area contributed by atoms with E-state index in [1.165, 1.54) is 12.3 Å². The maximum atomic E-state index is 13.8. The van der Waals surface area contributed by atoms with E-state index in [1.807, 2.05) is 14.1 Å². The van der Waals surface area contributed by atoms with Crippen LogP contribution in [0.15, 0.2) is 49.2 Å². The molecule has 0 amide bonds. The van der Waals surface area contributed by atoms with E-state index in [9.17, 15) is 13.2 Å². The zero-order valence-corrected chi connectivity index (χ0v) is 23.3. The minimum absolute atomic E-state index is 0.246. The predicted molar refractivity (Wildman–Crippen MR) is 149 cm³/mol. The number of likely N-dealkylation sites (tertiary alicyclic amines) is 1. The van der Waals surface area contributed by atoms with Crippen molar-refractivity contribution in [1.29, 1.82) is 0 Å². The number of ether oxygens (including phenoxy) is 1. The molecular formula is C27H27ClF3N9O. The summed E-state index contributed by atoms with van der Waals surface area (Å²) in [5.41, 5.74) is 1.52. The molecule has 0 bridgehead atoms. The molecule has 4 aromatic heterocycles. The SMILES string of the molecule is CN(C)C1CCN(Cc2cc(Nc3nc4ncc(Oc5cnn6ccncc56)c(Cl)c4n3C)cc(C(F)(F)F)c2)C1. The summed E-state index contributed by atoms with van der Waals surface area (Å²) in [6.07, 6.45) is 4.37. The third-order valence-electron chi connectivity index (χ3n) is 7.27. The van der Waals surface area contributed by atoms with Crippen LogP contribution in [0, 0.1) is 0 Å². The molecule has 214 valence electrons. The Labute approximate surface area is 238 Å². The van der Waals surface area contributed by atoms with Crippen molar-refractivity contribution in [1.82, 2.24) is 38.9 Å². The molecule has 0 aliphatic carbocycles. The number of hydrogen-bond donors (Lipinski definition) is 1. The number of nitrogens with one attached hydrogen (secondary N) is 1. The smallest absolute Gasteiger partial charge is 0.416 e. The Morgan fingerprint density at radius 3 is 2.73 bits per heavy atom. The molecule has 1 saturated heterocycles. The average Bonchev–Trinajstić information content (AvgIpc) is 3.64. The molecule has 0 spiro atoms. The molecule has 5 heterocycles. The van der Waals surface area contributed by atoms with Crippen molar-refractivity contribution in [3.63, 3.8) is 0 Å². The molecule has 1 aromatic carbocycles. The van der Waals surface area contributed by atoms with E-state index in [-0.39, 0.29) is 22.4 Å². The summed E-state index contributed by atoms with van der Waals surface area (Å²) in [6, 6.07) is 4.40.